The Labute approximate surface area is 62.5 Å². The van der Waals surface area contributed by atoms with Gasteiger partial charge >= 0.3 is 0 Å². The molecule has 0 heterocycles. The lowest BCUT2D eigenvalue weighted by atomic mass is 10.1. The number of carbonyl (C=O) groups excluding carboxylic acids is 1. The molecule has 0 aliphatic rings. The molecule has 0 rings (SSSR count). The second kappa shape index (κ2) is 2.83. The maximum Gasteiger partial charge on any atom is 0.147 e. The maximum absolute atomic E-state index is 10.6. The minimum atomic E-state index is -0.519. The van der Waals surface area contributed by atoms with E-state index in [4.69, 9.17) is 11.6 Å². The molecule has 0 aromatic rings. The number of ketones is 1. The third-order valence-electron chi connectivity index (χ3n) is 0.985. The number of rotatable bonds is 2. The first-order chi connectivity index (χ1) is 3.50. The largest absolute Gasteiger partial charge is 0.298 e. The summed E-state index contributed by atoms with van der Waals surface area (Å²) in [6.45, 7) is 3.26. The highest BCUT2D eigenvalue weighted by Crippen LogP contribution is 2.19. The second-order valence-electron chi connectivity index (χ2n) is 1.89. The van der Waals surface area contributed by atoms with E-state index >= 15 is 0 Å². The molecule has 1 nitrogen and oxygen atoms in total. The van der Waals surface area contributed by atoms with Gasteiger partial charge < -0.3 is 0 Å². The molecule has 48 valence electrons. The summed E-state index contributed by atoms with van der Waals surface area (Å²) >= 11 is 8.58. The molecule has 0 N–H and O–H groups in total. The molecule has 0 aromatic carbocycles. The van der Waals surface area contributed by atoms with Gasteiger partial charge in [-0.05, 0) is 13.8 Å². The Morgan fingerprint density at radius 2 is 2.25 bits per heavy atom. The van der Waals surface area contributed by atoms with Crippen molar-refractivity contribution in [3.05, 3.63) is 0 Å². The van der Waals surface area contributed by atoms with E-state index in [9.17, 15) is 4.79 Å². The van der Waals surface area contributed by atoms with Crippen molar-refractivity contribution in [2.45, 2.75) is 18.2 Å². The molecule has 1 unspecified atom stereocenters. The summed E-state index contributed by atoms with van der Waals surface area (Å²) in [6, 6.07) is 0. The Bertz CT molecular complexity index is 101. The number of halogens is 2. The highest BCUT2D eigenvalue weighted by molar-refractivity contribution is 9.10. The summed E-state index contributed by atoms with van der Waals surface area (Å²) in [5.41, 5.74) is 0. The van der Waals surface area contributed by atoms with Crippen molar-refractivity contribution in [2.24, 2.45) is 0 Å². The van der Waals surface area contributed by atoms with Crippen molar-refractivity contribution in [3.63, 3.8) is 0 Å². The summed E-state index contributed by atoms with van der Waals surface area (Å²) < 4.78 is -0.519. The van der Waals surface area contributed by atoms with E-state index in [-0.39, 0.29) is 5.78 Å². The fraction of sp³-hybridized carbons (Fsp3) is 0.800. The van der Waals surface area contributed by atoms with E-state index in [1.165, 1.54) is 6.92 Å². The van der Waals surface area contributed by atoms with Crippen molar-refractivity contribution in [1.29, 1.82) is 0 Å². The third kappa shape index (κ3) is 2.14. The summed E-state index contributed by atoms with van der Waals surface area (Å²) in [4.78, 5) is 10.6. The summed E-state index contributed by atoms with van der Waals surface area (Å²) in [6.07, 6.45) is 0. The fourth-order valence-corrected chi connectivity index (χ4v) is 0.282. The standard InChI is InChI=1S/C5H8BrClO/c1-4(8)5(2,6)3-7/h3H2,1-2H3. The van der Waals surface area contributed by atoms with Gasteiger partial charge in [-0.1, -0.05) is 15.9 Å². The quantitative estimate of drug-likeness (QED) is 0.622. The van der Waals surface area contributed by atoms with Crippen LogP contribution in [-0.4, -0.2) is 16.0 Å². The van der Waals surface area contributed by atoms with Crippen LogP contribution in [0.4, 0.5) is 0 Å². The van der Waals surface area contributed by atoms with Crippen LogP contribution >= 0.6 is 27.5 Å². The maximum atomic E-state index is 10.6. The van der Waals surface area contributed by atoms with Crippen molar-refractivity contribution in [2.75, 3.05) is 5.88 Å². The first kappa shape index (κ1) is 8.44. The molecule has 0 saturated heterocycles. The first-order valence-corrected chi connectivity index (χ1v) is 3.59. The molecule has 0 radical (unpaired) electrons. The molecule has 0 spiro atoms. The van der Waals surface area contributed by atoms with Crippen LogP contribution in [0.5, 0.6) is 0 Å². The van der Waals surface area contributed by atoms with Crippen LogP contribution < -0.4 is 0 Å². The van der Waals surface area contributed by atoms with E-state index in [0.29, 0.717) is 5.88 Å². The van der Waals surface area contributed by atoms with E-state index < -0.39 is 4.32 Å². The van der Waals surface area contributed by atoms with Gasteiger partial charge in [0.05, 0.1) is 4.32 Å². The van der Waals surface area contributed by atoms with Crippen molar-refractivity contribution in [1.82, 2.24) is 0 Å². The van der Waals surface area contributed by atoms with E-state index in [1.807, 2.05) is 0 Å². The van der Waals surface area contributed by atoms with Gasteiger partial charge in [0.2, 0.25) is 0 Å². The van der Waals surface area contributed by atoms with Crippen LogP contribution in [0.1, 0.15) is 13.8 Å². The molecule has 1 atom stereocenters. The number of hydrogen-bond donors (Lipinski definition) is 0. The Morgan fingerprint density at radius 3 is 2.25 bits per heavy atom. The third-order valence-corrected chi connectivity index (χ3v) is 2.68. The number of carbonyl (C=O) groups is 1. The minimum Gasteiger partial charge on any atom is -0.298 e. The molecule has 0 saturated carbocycles. The summed E-state index contributed by atoms with van der Waals surface area (Å²) in [5, 5.41) is 0. The molecular formula is C5H8BrClO. The van der Waals surface area contributed by atoms with Gasteiger partial charge in [-0.15, -0.1) is 11.6 Å². The lowest BCUT2D eigenvalue weighted by molar-refractivity contribution is -0.118. The minimum absolute atomic E-state index is 0.0625. The second-order valence-corrected chi connectivity index (χ2v) is 3.90. The predicted molar refractivity (Wildman–Crippen MR) is 38.7 cm³/mol. The molecule has 0 fully saturated rings. The number of alkyl halides is 2. The van der Waals surface area contributed by atoms with Gasteiger partial charge in [-0.25, -0.2) is 0 Å². The van der Waals surface area contributed by atoms with Gasteiger partial charge in [-0.2, -0.15) is 0 Å². The van der Waals surface area contributed by atoms with Crippen molar-refractivity contribution in [3.8, 4) is 0 Å². The van der Waals surface area contributed by atoms with Crippen LogP contribution in [0.2, 0.25) is 0 Å². The smallest absolute Gasteiger partial charge is 0.147 e. The number of Topliss-reactive ketones (excluding diaryl/α,β-unsaturated/α-hetero) is 1. The van der Waals surface area contributed by atoms with Gasteiger partial charge in [0, 0.05) is 5.88 Å². The summed E-state index contributed by atoms with van der Waals surface area (Å²) in [7, 11) is 0. The molecule has 8 heavy (non-hydrogen) atoms. The molecule has 0 aromatic heterocycles. The number of hydrogen-bond acceptors (Lipinski definition) is 1. The first-order valence-electron chi connectivity index (χ1n) is 2.26. The van der Waals surface area contributed by atoms with Crippen LogP contribution in [-0.2, 0) is 4.79 Å². The molecule has 0 aliphatic heterocycles. The predicted octanol–water partition coefficient (Wildman–Crippen LogP) is 1.97. The van der Waals surface area contributed by atoms with Gasteiger partial charge in [0.25, 0.3) is 0 Å². The average Bonchev–Trinajstić information content (AvgIpc) is 1.67. The highest BCUT2D eigenvalue weighted by atomic mass is 79.9. The molecule has 0 amide bonds. The Balaban J connectivity index is 3.91. The van der Waals surface area contributed by atoms with Crippen LogP contribution in [0, 0.1) is 0 Å². The molecular weight excluding hydrogens is 191 g/mol. The zero-order chi connectivity index (χ0) is 6.78. The highest BCUT2D eigenvalue weighted by Gasteiger charge is 2.23. The van der Waals surface area contributed by atoms with Gasteiger partial charge in [0.15, 0.2) is 0 Å². The van der Waals surface area contributed by atoms with E-state index in [2.05, 4.69) is 15.9 Å². The lowest BCUT2D eigenvalue weighted by Crippen LogP contribution is -2.27. The SMILES string of the molecule is CC(=O)C(C)(Br)CCl. The monoisotopic (exact) mass is 198 g/mol. The van der Waals surface area contributed by atoms with E-state index in [0.717, 1.165) is 0 Å². The van der Waals surface area contributed by atoms with Crippen molar-refractivity contribution < 1.29 is 4.79 Å². The Kier molecular flexibility index (Phi) is 2.99. The lowest BCUT2D eigenvalue weighted by Gasteiger charge is -2.12. The Hall–Kier alpha value is 0.440. The van der Waals surface area contributed by atoms with Gasteiger partial charge in [0.1, 0.15) is 5.78 Å². The zero-order valence-electron chi connectivity index (χ0n) is 4.87. The topological polar surface area (TPSA) is 17.1 Å². The fourth-order valence-electron chi connectivity index (χ4n) is 0.0941. The Morgan fingerprint density at radius 1 is 1.88 bits per heavy atom. The average molecular weight is 199 g/mol. The molecule has 0 bridgehead atoms. The van der Waals surface area contributed by atoms with Crippen LogP contribution in [0.3, 0.4) is 0 Å². The molecule has 0 aliphatic carbocycles. The van der Waals surface area contributed by atoms with Crippen LogP contribution in [0.15, 0.2) is 0 Å². The zero-order valence-corrected chi connectivity index (χ0v) is 7.21. The van der Waals surface area contributed by atoms with E-state index in [1.54, 1.807) is 6.92 Å². The molecule has 3 heteroatoms. The van der Waals surface area contributed by atoms with Gasteiger partial charge in [-0.3, -0.25) is 4.79 Å². The van der Waals surface area contributed by atoms with Crippen LogP contribution in [0.25, 0.3) is 0 Å². The normalized spacial score (nSPS) is 17.5. The summed E-state index contributed by atoms with van der Waals surface area (Å²) in [5.74, 6) is 0.384. The van der Waals surface area contributed by atoms with Crippen molar-refractivity contribution >= 4 is 33.3 Å².